The van der Waals surface area contributed by atoms with Crippen molar-refractivity contribution in [2.45, 2.75) is 64.3 Å². The lowest BCUT2D eigenvalue weighted by Crippen LogP contribution is -2.42. The summed E-state index contributed by atoms with van der Waals surface area (Å²) in [4.78, 5) is 38.8. The largest absolute Gasteiger partial charge is 0.480 e. The fourth-order valence-electron chi connectivity index (χ4n) is 3.88. The number of carboxylic acids is 1. The monoisotopic (exact) mass is 472 g/mol. The highest BCUT2D eigenvalue weighted by Gasteiger charge is 2.36. The summed E-state index contributed by atoms with van der Waals surface area (Å²) in [5.41, 5.74) is 2.12. The third-order valence-electron chi connectivity index (χ3n) is 5.39. The van der Waals surface area contributed by atoms with Gasteiger partial charge in [-0.3, -0.25) is 9.69 Å². The van der Waals surface area contributed by atoms with E-state index in [-0.39, 0.29) is 24.8 Å². The first-order valence-corrected chi connectivity index (χ1v) is 11.3. The van der Waals surface area contributed by atoms with Gasteiger partial charge >= 0.3 is 12.1 Å². The van der Waals surface area contributed by atoms with Crippen LogP contribution in [0.4, 0.5) is 4.79 Å². The lowest BCUT2D eigenvalue weighted by atomic mass is 10.0. The van der Waals surface area contributed by atoms with Gasteiger partial charge in [0, 0.05) is 24.4 Å². The predicted molar refractivity (Wildman–Crippen MR) is 125 cm³/mol. The van der Waals surface area contributed by atoms with Crippen molar-refractivity contribution in [3.63, 3.8) is 0 Å². The number of fused-ring (bicyclic) bond motifs is 1. The Morgan fingerprint density at radius 2 is 1.82 bits per heavy atom. The fraction of sp³-hybridized carbons (Fsp3) is 0.400. The first-order chi connectivity index (χ1) is 15.5. The van der Waals surface area contributed by atoms with Crippen molar-refractivity contribution in [3.05, 3.63) is 70.2 Å². The van der Waals surface area contributed by atoms with Crippen LogP contribution in [0.1, 0.15) is 56.3 Å². The molecular formula is C25H29ClN2O5. The molecule has 0 aromatic heterocycles. The predicted octanol–water partition coefficient (Wildman–Crippen LogP) is 4.72. The van der Waals surface area contributed by atoms with E-state index in [1.54, 1.807) is 29.2 Å². The quantitative estimate of drug-likeness (QED) is 0.607. The highest BCUT2D eigenvalue weighted by Crippen LogP contribution is 2.37. The van der Waals surface area contributed by atoms with Crippen molar-refractivity contribution in [1.29, 1.82) is 0 Å². The van der Waals surface area contributed by atoms with E-state index in [9.17, 15) is 19.5 Å². The number of carbonyl (C=O) groups is 3. The van der Waals surface area contributed by atoms with Gasteiger partial charge in [0.05, 0.1) is 6.04 Å². The maximum Gasteiger partial charge on any atom is 0.411 e. The summed E-state index contributed by atoms with van der Waals surface area (Å²) in [7, 11) is 0. The van der Waals surface area contributed by atoms with Crippen molar-refractivity contribution in [2.24, 2.45) is 0 Å². The number of aliphatic carboxylic acids is 1. The SMILES string of the molecule is CC(C)(C)OC(=O)N1Cc2ccccc2C1CCC(=O)NC(Cc1ccc(Cl)cc1)C(=O)O. The van der Waals surface area contributed by atoms with E-state index in [1.165, 1.54) is 0 Å². The van der Waals surface area contributed by atoms with Crippen molar-refractivity contribution < 1.29 is 24.2 Å². The van der Waals surface area contributed by atoms with Crippen LogP contribution in [0, 0.1) is 0 Å². The summed E-state index contributed by atoms with van der Waals surface area (Å²) in [5, 5.41) is 12.7. The number of benzene rings is 2. The number of carboxylic acid groups (broad SMARTS) is 1. The van der Waals surface area contributed by atoms with Crippen LogP contribution >= 0.6 is 11.6 Å². The Bertz CT molecular complexity index is 1020. The van der Waals surface area contributed by atoms with Crippen molar-refractivity contribution in [1.82, 2.24) is 10.2 Å². The molecule has 1 aliphatic rings. The van der Waals surface area contributed by atoms with Gasteiger partial charge in [-0.2, -0.15) is 0 Å². The third kappa shape index (κ3) is 6.71. The van der Waals surface area contributed by atoms with Crippen LogP contribution < -0.4 is 5.32 Å². The Balaban J connectivity index is 1.66. The number of rotatable bonds is 7. The minimum atomic E-state index is -1.11. The van der Waals surface area contributed by atoms with E-state index in [0.29, 0.717) is 18.0 Å². The molecule has 2 atom stereocenters. The zero-order valence-electron chi connectivity index (χ0n) is 19.0. The second-order valence-electron chi connectivity index (χ2n) is 9.15. The molecule has 2 amide bonds. The maximum absolute atomic E-state index is 12.8. The fourth-order valence-corrected chi connectivity index (χ4v) is 4.01. The molecule has 0 saturated heterocycles. The zero-order chi connectivity index (χ0) is 24.2. The lowest BCUT2D eigenvalue weighted by molar-refractivity contribution is -0.141. The second kappa shape index (κ2) is 10.3. The molecule has 8 heteroatoms. The van der Waals surface area contributed by atoms with Crippen LogP contribution in [0.3, 0.4) is 0 Å². The molecule has 176 valence electrons. The van der Waals surface area contributed by atoms with Crippen LogP contribution in [0.15, 0.2) is 48.5 Å². The minimum absolute atomic E-state index is 0.0721. The molecule has 33 heavy (non-hydrogen) atoms. The standard InChI is InChI=1S/C25H29ClN2O5/c1-25(2,3)33-24(32)28-15-17-6-4-5-7-19(17)21(28)12-13-22(29)27-20(23(30)31)14-16-8-10-18(26)11-9-16/h4-11,20-21H,12-15H2,1-3H3,(H,27,29)(H,30,31). The third-order valence-corrected chi connectivity index (χ3v) is 5.64. The number of hydrogen-bond acceptors (Lipinski definition) is 4. The molecule has 3 rings (SSSR count). The molecular weight excluding hydrogens is 444 g/mol. The average Bonchev–Trinajstić information content (AvgIpc) is 3.11. The summed E-state index contributed by atoms with van der Waals surface area (Å²) >= 11 is 5.88. The minimum Gasteiger partial charge on any atom is -0.480 e. The number of halogens is 1. The van der Waals surface area contributed by atoms with E-state index in [4.69, 9.17) is 16.3 Å². The first-order valence-electron chi connectivity index (χ1n) is 10.9. The molecule has 2 aromatic rings. The summed E-state index contributed by atoms with van der Waals surface area (Å²) in [6.07, 6.45) is 0.141. The van der Waals surface area contributed by atoms with Gasteiger partial charge in [-0.15, -0.1) is 0 Å². The number of hydrogen-bond donors (Lipinski definition) is 2. The van der Waals surface area contributed by atoms with Gasteiger partial charge in [-0.05, 0) is 56.0 Å². The van der Waals surface area contributed by atoms with Crippen molar-refractivity contribution in [2.75, 3.05) is 0 Å². The van der Waals surface area contributed by atoms with Crippen LogP contribution in [0.25, 0.3) is 0 Å². The van der Waals surface area contributed by atoms with Gasteiger partial charge in [-0.25, -0.2) is 9.59 Å². The topological polar surface area (TPSA) is 95.9 Å². The maximum atomic E-state index is 12.8. The molecule has 0 saturated carbocycles. The highest BCUT2D eigenvalue weighted by atomic mass is 35.5. The molecule has 0 aliphatic carbocycles. The molecule has 7 nitrogen and oxygen atoms in total. The van der Waals surface area contributed by atoms with Gasteiger partial charge in [0.2, 0.25) is 5.91 Å². The van der Waals surface area contributed by atoms with Crippen LogP contribution in [0.5, 0.6) is 0 Å². The number of nitrogens with one attached hydrogen (secondary N) is 1. The van der Waals surface area contributed by atoms with E-state index < -0.39 is 23.7 Å². The molecule has 1 heterocycles. The van der Waals surface area contributed by atoms with Crippen molar-refractivity contribution >= 4 is 29.6 Å². The Hall–Kier alpha value is -3.06. The second-order valence-corrected chi connectivity index (χ2v) is 9.59. The van der Waals surface area contributed by atoms with E-state index in [0.717, 1.165) is 16.7 Å². The molecule has 0 spiro atoms. The highest BCUT2D eigenvalue weighted by molar-refractivity contribution is 6.30. The van der Waals surface area contributed by atoms with Gasteiger partial charge < -0.3 is 15.2 Å². The molecule has 2 unspecified atom stereocenters. The Morgan fingerprint density at radius 3 is 2.45 bits per heavy atom. The number of amides is 2. The van der Waals surface area contributed by atoms with E-state index in [1.807, 2.05) is 45.0 Å². The molecule has 0 fully saturated rings. The molecule has 2 N–H and O–H groups in total. The zero-order valence-corrected chi connectivity index (χ0v) is 19.8. The summed E-state index contributed by atoms with van der Waals surface area (Å²) < 4.78 is 5.56. The van der Waals surface area contributed by atoms with E-state index >= 15 is 0 Å². The normalized spacial score (nSPS) is 16.1. The Morgan fingerprint density at radius 1 is 1.15 bits per heavy atom. The smallest absolute Gasteiger partial charge is 0.411 e. The van der Waals surface area contributed by atoms with Crippen LogP contribution in [0.2, 0.25) is 5.02 Å². The Labute approximate surface area is 198 Å². The molecule has 1 aliphatic heterocycles. The average molecular weight is 473 g/mol. The molecule has 2 aromatic carbocycles. The lowest BCUT2D eigenvalue weighted by Gasteiger charge is -2.29. The van der Waals surface area contributed by atoms with Crippen LogP contribution in [-0.4, -0.2) is 39.6 Å². The van der Waals surface area contributed by atoms with Gasteiger partial charge in [-0.1, -0.05) is 48.0 Å². The first kappa shape index (κ1) is 24.6. The van der Waals surface area contributed by atoms with Crippen LogP contribution in [-0.2, 0) is 27.3 Å². The van der Waals surface area contributed by atoms with E-state index in [2.05, 4.69) is 5.32 Å². The van der Waals surface area contributed by atoms with Gasteiger partial charge in [0.25, 0.3) is 0 Å². The van der Waals surface area contributed by atoms with Gasteiger partial charge in [0.15, 0.2) is 0 Å². The molecule has 0 radical (unpaired) electrons. The number of carbonyl (C=O) groups excluding carboxylic acids is 2. The summed E-state index contributed by atoms with van der Waals surface area (Å²) in [6, 6.07) is 13.2. The number of nitrogens with zero attached hydrogens (tertiary/aromatic N) is 1. The number of ether oxygens (including phenoxy) is 1. The summed E-state index contributed by atoms with van der Waals surface area (Å²) in [5.74, 6) is -1.50. The van der Waals surface area contributed by atoms with Gasteiger partial charge in [0.1, 0.15) is 11.6 Å². The summed E-state index contributed by atoms with van der Waals surface area (Å²) in [6.45, 7) is 5.83. The molecule has 0 bridgehead atoms. The Kier molecular flexibility index (Phi) is 7.64. The van der Waals surface area contributed by atoms with Crippen molar-refractivity contribution in [3.8, 4) is 0 Å².